The third-order valence-electron chi connectivity index (χ3n) is 3.07. The lowest BCUT2D eigenvalue weighted by Gasteiger charge is -2.22. The molecule has 1 heterocycles. The Hall–Kier alpha value is -1.23. The van der Waals surface area contributed by atoms with Gasteiger partial charge < -0.3 is 10.2 Å². The highest BCUT2D eigenvalue weighted by atomic mass is 79.9. The lowest BCUT2D eigenvalue weighted by Crippen LogP contribution is -2.31. The molecule has 1 unspecified atom stereocenters. The highest BCUT2D eigenvalue weighted by molar-refractivity contribution is 9.10. The molecule has 0 saturated heterocycles. The molecule has 0 aliphatic carbocycles. The number of pyridine rings is 1. The molecule has 2 aromatic rings. The molecular formula is C16H20BrN3. The number of rotatable bonds is 6. The minimum Gasteiger partial charge on any atom is -0.308 e. The zero-order chi connectivity index (χ0) is 14.4. The lowest BCUT2D eigenvalue weighted by atomic mass is 10.1. The van der Waals surface area contributed by atoms with Gasteiger partial charge >= 0.3 is 0 Å². The largest absolute Gasteiger partial charge is 0.308 e. The van der Waals surface area contributed by atoms with Crippen molar-refractivity contribution in [2.45, 2.75) is 12.6 Å². The Morgan fingerprint density at radius 3 is 2.50 bits per heavy atom. The highest BCUT2D eigenvalue weighted by Crippen LogP contribution is 2.14. The van der Waals surface area contributed by atoms with Gasteiger partial charge in [-0.1, -0.05) is 30.3 Å². The van der Waals surface area contributed by atoms with Crippen molar-refractivity contribution in [3.63, 3.8) is 0 Å². The van der Waals surface area contributed by atoms with Crippen molar-refractivity contribution in [1.29, 1.82) is 0 Å². The first kappa shape index (κ1) is 15.2. The highest BCUT2D eigenvalue weighted by Gasteiger charge is 2.11. The Kier molecular flexibility index (Phi) is 5.71. The molecular weight excluding hydrogens is 314 g/mol. The zero-order valence-corrected chi connectivity index (χ0v) is 13.5. The van der Waals surface area contributed by atoms with Gasteiger partial charge in [0.05, 0.1) is 5.69 Å². The van der Waals surface area contributed by atoms with Crippen LogP contribution in [0, 0.1) is 0 Å². The smallest absolute Gasteiger partial charge is 0.0542 e. The average Bonchev–Trinajstić information content (AvgIpc) is 2.46. The van der Waals surface area contributed by atoms with Gasteiger partial charge in [-0.2, -0.15) is 0 Å². The summed E-state index contributed by atoms with van der Waals surface area (Å²) in [5.41, 5.74) is 2.35. The molecule has 0 bridgehead atoms. The Morgan fingerprint density at radius 2 is 1.90 bits per heavy atom. The molecule has 20 heavy (non-hydrogen) atoms. The molecule has 0 aliphatic heterocycles. The van der Waals surface area contributed by atoms with E-state index in [0.717, 1.165) is 23.3 Å². The van der Waals surface area contributed by atoms with Crippen LogP contribution in [0.15, 0.2) is 53.1 Å². The van der Waals surface area contributed by atoms with Crippen molar-refractivity contribution in [3.8, 4) is 0 Å². The normalized spacial score (nSPS) is 12.6. The van der Waals surface area contributed by atoms with Crippen molar-refractivity contribution >= 4 is 15.9 Å². The topological polar surface area (TPSA) is 28.2 Å². The molecule has 0 fully saturated rings. The predicted octanol–water partition coefficient (Wildman–Crippen LogP) is 3.24. The van der Waals surface area contributed by atoms with Gasteiger partial charge in [0.2, 0.25) is 0 Å². The number of hydrogen-bond acceptors (Lipinski definition) is 3. The van der Waals surface area contributed by atoms with Crippen LogP contribution in [0.5, 0.6) is 0 Å². The van der Waals surface area contributed by atoms with E-state index in [-0.39, 0.29) is 0 Å². The first-order valence-corrected chi connectivity index (χ1v) is 7.48. The number of nitrogens with zero attached hydrogens (tertiary/aromatic N) is 2. The number of aromatic nitrogens is 1. The third-order valence-corrected chi connectivity index (χ3v) is 3.54. The zero-order valence-electron chi connectivity index (χ0n) is 11.9. The quantitative estimate of drug-likeness (QED) is 0.879. The molecule has 0 amide bonds. The van der Waals surface area contributed by atoms with Crippen LogP contribution in [0.4, 0.5) is 0 Å². The molecule has 3 nitrogen and oxygen atoms in total. The second-order valence-corrected chi connectivity index (χ2v) is 5.99. The maximum Gasteiger partial charge on any atom is 0.0542 e. The van der Waals surface area contributed by atoms with Gasteiger partial charge in [-0.05, 0) is 47.7 Å². The van der Waals surface area contributed by atoms with Crippen molar-refractivity contribution in [3.05, 3.63) is 64.4 Å². The van der Waals surface area contributed by atoms with Gasteiger partial charge in [0.25, 0.3) is 0 Å². The van der Waals surface area contributed by atoms with Gasteiger partial charge in [-0.15, -0.1) is 0 Å². The van der Waals surface area contributed by atoms with Crippen molar-refractivity contribution in [2.75, 3.05) is 20.6 Å². The first-order valence-electron chi connectivity index (χ1n) is 6.68. The number of hydrogen-bond donors (Lipinski definition) is 1. The molecule has 0 aliphatic rings. The Bertz CT molecular complexity index is 511. The van der Waals surface area contributed by atoms with E-state index in [0.29, 0.717) is 6.04 Å². The van der Waals surface area contributed by atoms with Crippen LogP contribution in [-0.4, -0.2) is 30.5 Å². The minimum absolute atomic E-state index is 0.302. The molecule has 2 rings (SSSR count). The molecule has 0 saturated carbocycles. The van der Waals surface area contributed by atoms with Gasteiger partial charge in [-0.3, -0.25) is 4.98 Å². The van der Waals surface area contributed by atoms with Gasteiger partial charge in [0.15, 0.2) is 0 Å². The fourth-order valence-corrected chi connectivity index (χ4v) is 2.31. The molecule has 1 atom stereocenters. The summed E-state index contributed by atoms with van der Waals surface area (Å²) in [6, 6.07) is 14.9. The SMILES string of the molecule is CN(C)CC(NCc1ccc(Br)cn1)c1ccccc1. The second-order valence-electron chi connectivity index (χ2n) is 5.07. The molecule has 106 valence electrons. The van der Waals surface area contributed by atoms with Gasteiger partial charge in [-0.25, -0.2) is 0 Å². The van der Waals surface area contributed by atoms with E-state index in [1.807, 2.05) is 24.4 Å². The van der Waals surface area contributed by atoms with Crippen molar-refractivity contribution in [2.24, 2.45) is 0 Å². The van der Waals surface area contributed by atoms with Crippen LogP contribution in [0.3, 0.4) is 0 Å². The van der Waals surface area contributed by atoms with E-state index in [4.69, 9.17) is 0 Å². The predicted molar refractivity (Wildman–Crippen MR) is 86.5 cm³/mol. The number of likely N-dealkylation sites (N-methyl/N-ethyl adjacent to an activating group) is 1. The van der Waals surface area contributed by atoms with E-state index in [9.17, 15) is 0 Å². The van der Waals surface area contributed by atoms with Crippen molar-refractivity contribution in [1.82, 2.24) is 15.2 Å². The first-order chi connectivity index (χ1) is 9.65. The van der Waals surface area contributed by atoms with E-state index in [1.54, 1.807) is 0 Å². The Balaban J connectivity index is 2.03. The van der Waals surface area contributed by atoms with Crippen LogP contribution in [-0.2, 0) is 6.54 Å². The molecule has 0 radical (unpaired) electrons. The molecule has 0 spiro atoms. The summed E-state index contributed by atoms with van der Waals surface area (Å²) < 4.78 is 1.01. The van der Waals surface area contributed by atoms with E-state index in [2.05, 4.69) is 69.5 Å². The summed E-state index contributed by atoms with van der Waals surface area (Å²) in [5.74, 6) is 0. The van der Waals surface area contributed by atoms with E-state index in [1.165, 1.54) is 5.56 Å². The lowest BCUT2D eigenvalue weighted by molar-refractivity contribution is 0.340. The van der Waals surface area contributed by atoms with Crippen LogP contribution < -0.4 is 5.32 Å². The summed E-state index contributed by atoms with van der Waals surface area (Å²) in [6.45, 7) is 1.72. The Labute approximate surface area is 129 Å². The molecule has 4 heteroatoms. The number of benzene rings is 1. The monoisotopic (exact) mass is 333 g/mol. The summed E-state index contributed by atoms with van der Waals surface area (Å²) in [6.07, 6.45) is 1.83. The molecule has 1 aromatic carbocycles. The fraction of sp³-hybridized carbons (Fsp3) is 0.312. The summed E-state index contributed by atoms with van der Waals surface area (Å²) in [7, 11) is 4.19. The molecule has 1 N–H and O–H groups in total. The summed E-state index contributed by atoms with van der Waals surface area (Å²) >= 11 is 3.41. The number of nitrogens with one attached hydrogen (secondary N) is 1. The van der Waals surface area contributed by atoms with Crippen LogP contribution >= 0.6 is 15.9 Å². The molecule has 1 aromatic heterocycles. The maximum absolute atomic E-state index is 4.40. The van der Waals surface area contributed by atoms with E-state index < -0.39 is 0 Å². The maximum atomic E-state index is 4.40. The fourth-order valence-electron chi connectivity index (χ4n) is 2.08. The summed E-state index contributed by atoms with van der Waals surface area (Å²) in [5, 5.41) is 3.58. The van der Waals surface area contributed by atoms with Crippen LogP contribution in [0.25, 0.3) is 0 Å². The Morgan fingerprint density at radius 1 is 1.15 bits per heavy atom. The average molecular weight is 334 g/mol. The van der Waals surface area contributed by atoms with E-state index >= 15 is 0 Å². The second kappa shape index (κ2) is 7.53. The third kappa shape index (κ3) is 4.71. The van der Waals surface area contributed by atoms with Gasteiger partial charge in [0.1, 0.15) is 0 Å². The van der Waals surface area contributed by atoms with Crippen LogP contribution in [0.1, 0.15) is 17.3 Å². The minimum atomic E-state index is 0.302. The van der Waals surface area contributed by atoms with Crippen LogP contribution in [0.2, 0.25) is 0 Å². The summed E-state index contributed by atoms with van der Waals surface area (Å²) in [4.78, 5) is 6.59. The standard InChI is InChI=1S/C16H20BrN3/c1-20(2)12-16(13-6-4-3-5-7-13)19-11-15-9-8-14(17)10-18-15/h3-10,16,19H,11-12H2,1-2H3. The number of halogens is 1. The van der Waals surface area contributed by atoms with Gasteiger partial charge in [0, 0.05) is 29.8 Å². The van der Waals surface area contributed by atoms with Crippen molar-refractivity contribution < 1.29 is 0 Å².